The molecule has 0 spiro atoms. The monoisotopic (exact) mass is 412 g/mol. The Morgan fingerprint density at radius 3 is 2.21 bits per heavy atom. The van der Waals surface area contributed by atoms with Gasteiger partial charge in [-0.25, -0.2) is 4.99 Å². The third-order valence-corrected chi connectivity index (χ3v) is 4.25. The molecule has 0 aliphatic carbocycles. The minimum absolute atomic E-state index is 0. The number of hydrogen-bond acceptors (Lipinski definition) is 3. The van der Waals surface area contributed by atoms with Crippen LogP contribution in [-0.4, -0.2) is 22.1 Å². The fraction of sp³-hybridized carbons (Fsp3) is 0.190. The van der Waals surface area contributed by atoms with Gasteiger partial charge in [0.25, 0.3) is 5.91 Å². The van der Waals surface area contributed by atoms with Crippen molar-refractivity contribution in [2.45, 2.75) is 26.2 Å². The van der Waals surface area contributed by atoms with Crippen LogP contribution in [0, 0.1) is 0 Å². The number of halogens is 1. The van der Waals surface area contributed by atoms with E-state index in [1.54, 1.807) is 18.2 Å². The summed E-state index contributed by atoms with van der Waals surface area (Å²) < 4.78 is 0. The van der Waals surface area contributed by atoms with Crippen molar-refractivity contribution in [3.8, 4) is 11.3 Å². The van der Waals surface area contributed by atoms with E-state index in [9.17, 15) is 4.79 Å². The highest BCUT2D eigenvalue weighted by Crippen LogP contribution is 2.24. The first-order valence-corrected chi connectivity index (χ1v) is 8.90. The second-order valence-corrected chi connectivity index (χ2v) is 7.53. The van der Waals surface area contributed by atoms with E-state index < -0.39 is 0 Å². The summed E-state index contributed by atoms with van der Waals surface area (Å²) in [5.41, 5.74) is 15.3. The fourth-order valence-corrected chi connectivity index (χ4v) is 2.69. The number of carbonyl (C=O) groups excluding carboxylic acids is 1. The molecule has 0 atom stereocenters. The molecule has 1 amide bonds. The van der Waals surface area contributed by atoms with Gasteiger partial charge in [-0.05, 0) is 41.3 Å². The first-order valence-electron chi connectivity index (χ1n) is 8.90. The molecule has 7 nitrogen and oxygen atoms in total. The van der Waals surface area contributed by atoms with Crippen LogP contribution in [0.15, 0.2) is 59.6 Å². The van der Waals surface area contributed by atoms with Gasteiger partial charge in [-0.15, -0.1) is 12.4 Å². The average molecular weight is 413 g/mol. The summed E-state index contributed by atoms with van der Waals surface area (Å²) in [6.07, 6.45) is 0. The smallest absolute Gasteiger partial charge is 0.273 e. The Kier molecular flexibility index (Phi) is 6.66. The second-order valence-electron chi connectivity index (χ2n) is 7.53. The Morgan fingerprint density at radius 1 is 1.03 bits per heavy atom. The SMILES string of the molecule is CC(C)(C)c1ccc(NC(=O)c2cc(-c3ccc(N=C(N)N)cc3)n[nH]2)cc1.Cl. The first-order chi connectivity index (χ1) is 13.2. The molecule has 3 aromatic rings. The van der Waals surface area contributed by atoms with Crippen molar-refractivity contribution in [3.63, 3.8) is 0 Å². The van der Waals surface area contributed by atoms with Gasteiger partial charge in [-0.3, -0.25) is 9.89 Å². The summed E-state index contributed by atoms with van der Waals surface area (Å²) in [5, 5.41) is 9.87. The predicted molar refractivity (Wildman–Crippen MR) is 120 cm³/mol. The summed E-state index contributed by atoms with van der Waals surface area (Å²) in [7, 11) is 0. The van der Waals surface area contributed by atoms with E-state index in [1.807, 2.05) is 36.4 Å². The molecule has 0 saturated carbocycles. The van der Waals surface area contributed by atoms with Gasteiger partial charge in [0.15, 0.2) is 5.96 Å². The molecule has 3 rings (SSSR count). The lowest BCUT2D eigenvalue weighted by molar-refractivity contribution is 0.102. The number of aromatic nitrogens is 2. The molecular formula is C21H25ClN6O. The van der Waals surface area contributed by atoms with Crippen molar-refractivity contribution >= 4 is 35.6 Å². The molecule has 6 N–H and O–H groups in total. The molecule has 0 saturated heterocycles. The summed E-state index contributed by atoms with van der Waals surface area (Å²) in [4.78, 5) is 16.5. The van der Waals surface area contributed by atoms with E-state index >= 15 is 0 Å². The van der Waals surface area contributed by atoms with Gasteiger partial charge in [0.2, 0.25) is 0 Å². The molecule has 0 fully saturated rings. The number of nitrogens with two attached hydrogens (primary N) is 2. The average Bonchev–Trinajstić information content (AvgIpc) is 3.12. The highest BCUT2D eigenvalue weighted by atomic mass is 35.5. The lowest BCUT2D eigenvalue weighted by atomic mass is 9.87. The molecule has 152 valence electrons. The Balaban J connectivity index is 0.00000300. The molecule has 0 radical (unpaired) electrons. The zero-order valence-electron chi connectivity index (χ0n) is 16.6. The number of nitrogens with one attached hydrogen (secondary N) is 2. The van der Waals surface area contributed by atoms with Gasteiger partial charge in [-0.1, -0.05) is 45.0 Å². The zero-order chi connectivity index (χ0) is 20.3. The van der Waals surface area contributed by atoms with Crippen LogP contribution in [0.1, 0.15) is 36.8 Å². The molecule has 2 aromatic carbocycles. The number of benzene rings is 2. The van der Waals surface area contributed by atoms with Gasteiger partial charge in [-0.2, -0.15) is 5.10 Å². The number of hydrogen-bond donors (Lipinski definition) is 4. The van der Waals surface area contributed by atoms with Crippen molar-refractivity contribution in [2.75, 3.05) is 5.32 Å². The van der Waals surface area contributed by atoms with E-state index in [2.05, 4.69) is 41.3 Å². The summed E-state index contributed by atoms with van der Waals surface area (Å²) in [6.45, 7) is 6.45. The Bertz CT molecular complexity index is 997. The van der Waals surface area contributed by atoms with Crippen molar-refractivity contribution in [1.82, 2.24) is 10.2 Å². The molecular weight excluding hydrogens is 388 g/mol. The molecule has 0 aliphatic rings. The Morgan fingerprint density at radius 2 is 1.66 bits per heavy atom. The zero-order valence-corrected chi connectivity index (χ0v) is 17.4. The van der Waals surface area contributed by atoms with E-state index in [0.717, 1.165) is 11.3 Å². The van der Waals surface area contributed by atoms with Gasteiger partial charge in [0.05, 0.1) is 11.4 Å². The standard InChI is InChI=1S/C21H24N6O.ClH/c1-21(2,3)14-6-10-15(11-7-14)24-19(28)18-12-17(26-27-18)13-4-8-16(9-5-13)25-20(22)23;/h4-12H,1-3H3,(H,24,28)(H,26,27)(H4,22,23,25);1H. The largest absolute Gasteiger partial charge is 0.370 e. The molecule has 8 heteroatoms. The van der Waals surface area contributed by atoms with Crippen LogP contribution >= 0.6 is 12.4 Å². The van der Waals surface area contributed by atoms with E-state index in [1.165, 1.54) is 5.56 Å². The van der Waals surface area contributed by atoms with Crippen LogP contribution in [0.3, 0.4) is 0 Å². The minimum atomic E-state index is -0.251. The van der Waals surface area contributed by atoms with E-state index in [4.69, 9.17) is 11.5 Å². The van der Waals surface area contributed by atoms with Crippen molar-refractivity contribution in [2.24, 2.45) is 16.5 Å². The van der Waals surface area contributed by atoms with Crippen LogP contribution in [0.25, 0.3) is 11.3 Å². The predicted octanol–water partition coefficient (Wildman–Crippen LogP) is 3.95. The van der Waals surface area contributed by atoms with Crippen LogP contribution in [0.5, 0.6) is 0 Å². The van der Waals surface area contributed by atoms with Crippen LogP contribution in [-0.2, 0) is 5.41 Å². The van der Waals surface area contributed by atoms with Crippen LogP contribution in [0.4, 0.5) is 11.4 Å². The number of rotatable bonds is 4. The van der Waals surface area contributed by atoms with E-state index in [-0.39, 0.29) is 29.7 Å². The lowest BCUT2D eigenvalue weighted by Gasteiger charge is -2.19. The number of aliphatic imine (C=N–C) groups is 1. The number of nitrogens with zero attached hydrogens (tertiary/aromatic N) is 2. The first kappa shape index (κ1) is 22.0. The quantitative estimate of drug-likeness (QED) is 0.382. The normalized spacial score (nSPS) is 10.7. The molecule has 1 aromatic heterocycles. The number of aromatic amines is 1. The molecule has 1 heterocycles. The van der Waals surface area contributed by atoms with Gasteiger partial charge in [0, 0.05) is 11.3 Å². The maximum absolute atomic E-state index is 12.5. The van der Waals surface area contributed by atoms with Gasteiger partial charge < -0.3 is 16.8 Å². The number of H-pyrrole nitrogens is 1. The van der Waals surface area contributed by atoms with E-state index in [0.29, 0.717) is 17.1 Å². The second kappa shape index (κ2) is 8.79. The van der Waals surface area contributed by atoms with Crippen LogP contribution in [0.2, 0.25) is 0 Å². The number of anilines is 1. The summed E-state index contributed by atoms with van der Waals surface area (Å²) >= 11 is 0. The maximum atomic E-state index is 12.5. The summed E-state index contributed by atoms with van der Waals surface area (Å²) in [5.74, 6) is -0.249. The number of amides is 1. The van der Waals surface area contributed by atoms with Crippen molar-refractivity contribution in [1.29, 1.82) is 0 Å². The van der Waals surface area contributed by atoms with Crippen molar-refractivity contribution < 1.29 is 4.79 Å². The number of carbonyl (C=O) groups is 1. The Hall–Kier alpha value is -3.32. The maximum Gasteiger partial charge on any atom is 0.273 e. The lowest BCUT2D eigenvalue weighted by Crippen LogP contribution is -2.21. The van der Waals surface area contributed by atoms with Crippen molar-refractivity contribution in [3.05, 3.63) is 65.9 Å². The third kappa shape index (κ3) is 5.58. The Labute approximate surface area is 176 Å². The third-order valence-electron chi connectivity index (χ3n) is 4.25. The molecule has 0 bridgehead atoms. The van der Waals surface area contributed by atoms with Gasteiger partial charge in [0.1, 0.15) is 5.69 Å². The fourth-order valence-electron chi connectivity index (χ4n) is 2.69. The highest BCUT2D eigenvalue weighted by Gasteiger charge is 2.14. The minimum Gasteiger partial charge on any atom is -0.370 e. The topological polar surface area (TPSA) is 122 Å². The molecule has 0 unspecified atom stereocenters. The highest BCUT2D eigenvalue weighted by molar-refractivity contribution is 6.03. The molecule has 29 heavy (non-hydrogen) atoms. The summed E-state index contributed by atoms with van der Waals surface area (Å²) in [6, 6.07) is 16.8. The molecule has 0 aliphatic heterocycles. The van der Waals surface area contributed by atoms with Gasteiger partial charge >= 0.3 is 0 Å². The van der Waals surface area contributed by atoms with Crippen LogP contribution < -0.4 is 16.8 Å². The number of guanidine groups is 1.